The molecule has 0 amide bonds. The molecule has 9 heavy (non-hydrogen) atoms. The van der Waals surface area contributed by atoms with Crippen LogP contribution in [0.2, 0.25) is 0 Å². The molecule has 0 aromatic heterocycles. The Kier molecular flexibility index (Phi) is 0.777. The van der Waals surface area contributed by atoms with E-state index in [0.29, 0.717) is 0 Å². The Morgan fingerprint density at radius 2 is 2.44 bits per heavy atom. The minimum atomic E-state index is 0.989. The first-order chi connectivity index (χ1) is 4.38. The van der Waals surface area contributed by atoms with Gasteiger partial charge in [-0.15, -0.1) is 0 Å². The van der Waals surface area contributed by atoms with Crippen molar-refractivity contribution in [2.24, 2.45) is 10.4 Å². The van der Waals surface area contributed by atoms with Gasteiger partial charge in [-0.05, 0) is 22.9 Å². The third kappa shape index (κ3) is 0.526. The third-order valence-electron chi connectivity index (χ3n) is 1.55. The highest BCUT2D eigenvalue weighted by molar-refractivity contribution is 5.05. The third-order valence-corrected chi connectivity index (χ3v) is 1.55. The molecule has 0 N–H and O–H groups in total. The van der Waals surface area contributed by atoms with Gasteiger partial charge in [-0.25, -0.2) is 10.0 Å². The van der Waals surface area contributed by atoms with Gasteiger partial charge in [0.05, 0.1) is 0 Å². The van der Waals surface area contributed by atoms with Crippen LogP contribution >= 0.6 is 0 Å². The monoisotopic (exact) mass is 124 g/mol. The molecule has 2 rings (SSSR count). The SMILES string of the molecule is CN1N=NN2CCC=C12. The Morgan fingerprint density at radius 1 is 1.56 bits per heavy atom. The Morgan fingerprint density at radius 3 is 3.22 bits per heavy atom. The molecule has 2 aliphatic rings. The van der Waals surface area contributed by atoms with Crippen LogP contribution in [0.15, 0.2) is 22.3 Å². The van der Waals surface area contributed by atoms with Crippen LogP contribution in [-0.2, 0) is 0 Å². The van der Waals surface area contributed by atoms with E-state index in [1.54, 1.807) is 5.01 Å². The number of rotatable bonds is 0. The first-order valence-electron chi connectivity index (χ1n) is 3.01. The minimum absolute atomic E-state index is 0.989. The van der Waals surface area contributed by atoms with Crippen molar-refractivity contribution < 1.29 is 0 Å². The van der Waals surface area contributed by atoms with Gasteiger partial charge in [-0.1, -0.05) is 0 Å². The lowest BCUT2D eigenvalue weighted by molar-refractivity contribution is 0.361. The van der Waals surface area contributed by atoms with Crippen molar-refractivity contribution in [2.45, 2.75) is 6.42 Å². The molecular formula is C5H8N4. The summed E-state index contributed by atoms with van der Waals surface area (Å²) in [5.74, 6) is 1.12. The highest BCUT2D eigenvalue weighted by Gasteiger charge is 2.22. The van der Waals surface area contributed by atoms with Crippen molar-refractivity contribution in [2.75, 3.05) is 13.6 Å². The maximum atomic E-state index is 3.89. The van der Waals surface area contributed by atoms with E-state index in [4.69, 9.17) is 0 Å². The summed E-state index contributed by atoms with van der Waals surface area (Å²) in [5.41, 5.74) is 0. The highest BCUT2D eigenvalue weighted by Crippen LogP contribution is 2.23. The lowest BCUT2D eigenvalue weighted by Gasteiger charge is -2.08. The molecule has 0 aromatic carbocycles. The van der Waals surface area contributed by atoms with Gasteiger partial charge >= 0.3 is 0 Å². The molecule has 4 heteroatoms. The smallest absolute Gasteiger partial charge is 0.144 e. The molecule has 4 nitrogen and oxygen atoms in total. The lowest BCUT2D eigenvalue weighted by atomic mass is 10.5. The van der Waals surface area contributed by atoms with Crippen LogP contribution < -0.4 is 0 Å². The van der Waals surface area contributed by atoms with Crippen LogP contribution in [0.3, 0.4) is 0 Å². The fraction of sp³-hybridized carbons (Fsp3) is 0.600. The van der Waals surface area contributed by atoms with Crippen molar-refractivity contribution in [3.8, 4) is 0 Å². The van der Waals surface area contributed by atoms with Crippen LogP contribution in [0.5, 0.6) is 0 Å². The fourth-order valence-electron chi connectivity index (χ4n) is 1.08. The quantitative estimate of drug-likeness (QED) is 0.477. The predicted octanol–water partition coefficient (Wildman–Crippen LogP) is 0.761. The van der Waals surface area contributed by atoms with Crippen molar-refractivity contribution in [3.05, 3.63) is 11.9 Å². The van der Waals surface area contributed by atoms with Gasteiger partial charge in [0.25, 0.3) is 0 Å². The summed E-state index contributed by atoms with van der Waals surface area (Å²) in [4.78, 5) is 0. The van der Waals surface area contributed by atoms with E-state index in [1.165, 1.54) is 0 Å². The zero-order valence-corrected chi connectivity index (χ0v) is 5.28. The van der Waals surface area contributed by atoms with E-state index in [0.717, 1.165) is 18.8 Å². The molecule has 48 valence electrons. The van der Waals surface area contributed by atoms with E-state index in [9.17, 15) is 0 Å². The summed E-state index contributed by atoms with van der Waals surface area (Å²) >= 11 is 0. The summed E-state index contributed by atoms with van der Waals surface area (Å²) in [6.45, 7) is 0.989. The number of fused-ring (bicyclic) bond motifs is 1. The second-order valence-electron chi connectivity index (χ2n) is 2.18. The fourth-order valence-corrected chi connectivity index (χ4v) is 1.08. The molecule has 2 heterocycles. The summed E-state index contributed by atoms with van der Waals surface area (Å²) < 4.78 is 0. The van der Waals surface area contributed by atoms with E-state index in [2.05, 4.69) is 16.5 Å². The Balaban J connectivity index is 2.29. The number of hydrogen-bond acceptors (Lipinski definition) is 4. The van der Waals surface area contributed by atoms with Crippen LogP contribution in [-0.4, -0.2) is 23.6 Å². The lowest BCUT2D eigenvalue weighted by Crippen LogP contribution is -2.14. The molecular weight excluding hydrogens is 116 g/mol. The van der Waals surface area contributed by atoms with Gasteiger partial charge in [0.2, 0.25) is 0 Å². The Labute approximate surface area is 53.4 Å². The van der Waals surface area contributed by atoms with Crippen LogP contribution in [0.1, 0.15) is 6.42 Å². The first-order valence-corrected chi connectivity index (χ1v) is 3.01. The summed E-state index contributed by atoms with van der Waals surface area (Å²) in [6, 6.07) is 0. The topological polar surface area (TPSA) is 31.2 Å². The standard InChI is InChI=1S/C5H8N4/c1-8-5-3-2-4-9(5)7-6-8/h3H,2,4H2,1H3. The Hall–Kier alpha value is -1.06. The van der Waals surface area contributed by atoms with Gasteiger partial charge in [0, 0.05) is 13.6 Å². The van der Waals surface area contributed by atoms with Gasteiger partial charge in [-0.3, -0.25) is 0 Å². The Bertz CT molecular complexity index is 183. The number of hydrogen-bond donors (Lipinski definition) is 0. The van der Waals surface area contributed by atoms with E-state index >= 15 is 0 Å². The molecule has 0 saturated heterocycles. The maximum absolute atomic E-state index is 3.89. The van der Waals surface area contributed by atoms with E-state index < -0.39 is 0 Å². The van der Waals surface area contributed by atoms with Crippen molar-refractivity contribution >= 4 is 0 Å². The van der Waals surface area contributed by atoms with Crippen LogP contribution in [0.4, 0.5) is 0 Å². The number of nitrogens with zero attached hydrogens (tertiary/aromatic N) is 4. The molecule has 0 bridgehead atoms. The van der Waals surface area contributed by atoms with Crippen LogP contribution in [0, 0.1) is 0 Å². The molecule has 0 fully saturated rings. The zero-order valence-electron chi connectivity index (χ0n) is 5.28. The van der Waals surface area contributed by atoms with Crippen molar-refractivity contribution in [1.29, 1.82) is 0 Å². The summed E-state index contributed by atoms with van der Waals surface area (Å²) in [7, 11) is 1.90. The average Bonchev–Trinajstić information content (AvgIpc) is 2.35. The molecule has 0 saturated carbocycles. The highest BCUT2D eigenvalue weighted by atomic mass is 15.8. The van der Waals surface area contributed by atoms with Gasteiger partial charge in [0.15, 0.2) is 0 Å². The van der Waals surface area contributed by atoms with E-state index in [-0.39, 0.29) is 0 Å². The molecule has 2 aliphatic heterocycles. The molecule has 0 atom stereocenters. The van der Waals surface area contributed by atoms with E-state index in [1.807, 2.05) is 12.1 Å². The van der Waals surface area contributed by atoms with Crippen molar-refractivity contribution in [1.82, 2.24) is 10.0 Å². The minimum Gasteiger partial charge on any atom is -0.231 e. The summed E-state index contributed by atoms with van der Waals surface area (Å²) in [6.07, 6.45) is 3.23. The largest absolute Gasteiger partial charge is 0.231 e. The molecule has 0 spiro atoms. The predicted molar refractivity (Wildman–Crippen MR) is 32.0 cm³/mol. The molecule has 0 aromatic rings. The first kappa shape index (κ1) is 4.78. The van der Waals surface area contributed by atoms with Crippen molar-refractivity contribution in [3.63, 3.8) is 0 Å². The second kappa shape index (κ2) is 1.46. The van der Waals surface area contributed by atoms with Crippen LogP contribution in [0.25, 0.3) is 0 Å². The molecule has 0 radical (unpaired) electrons. The zero-order chi connectivity index (χ0) is 6.27. The van der Waals surface area contributed by atoms with Gasteiger partial charge in [-0.2, -0.15) is 0 Å². The second-order valence-corrected chi connectivity index (χ2v) is 2.18. The normalized spacial score (nSPS) is 23.0. The van der Waals surface area contributed by atoms with Gasteiger partial charge in [0.1, 0.15) is 5.82 Å². The van der Waals surface area contributed by atoms with Gasteiger partial charge < -0.3 is 0 Å². The molecule has 0 unspecified atom stereocenters. The summed E-state index contributed by atoms with van der Waals surface area (Å²) in [5, 5.41) is 11.4. The molecule has 0 aliphatic carbocycles. The average molecular weight is 124 g/mol. The maximum Gasteiger partial charge on any atom is 0.144 e.